The molecule has 0 saturated heterocycles. The first kappa shape index (κ1) is 13.2. The molecule has 0 heterocycles. The van der Waals surface area contributed by atoms with E-state index in [2.05, 4.69) is 27.7 Å². The SMILES string of the molecule is CC(C)CCC[SiH]CCCC(C)C. The van der Waals surface area contributed by atoms with Crippen molar-refractivity contribution in [1.29, 1.82) is 0 Å². The normalized spacial score (nSPS) is 11.5. The highest BCUT2D eigenvalue weighted by Gasteiger charge is 1.96. The van der Waals surface area contributed by atoms with Crippen molar-refractivity contribution in [2.75, 3.05) is 0 Å². The highest BCUT2D eigenvalue weighted by Crippen LogP contribution is 2.10. The van der Waals surface area contributed by atoms with Gasteiger partial charge >= 0.3 is 0 Å². The van der Waals surface area contributed by atoms with E-state index in [1.807, 2.05) is 0 Å². The third-order valence-electron chi connectivity index (χ3n) is 2.38. The molecule has 0 saturated carbocycles. The van der Waals surface area contributed by atoms with Crippen LogP contribution in [0.3, 0.4) is 0 Å². The average Bonchev–Trinajstić information content (AvgIpc) is 2.01. The highest BCUT2D eigenvalue weighted by atomic mass is 28.2. The van der Waals surface area contributed by atoms with E-state index in [4.69, 9.17) is 0 Å². The Labute approximate surface area is 87.3 Å². The first-order valence-corrected chi connectivity index (χ1v) is 7.58. The van der Waals surface area contributed by atoms with Gasteiger partial charge in [0.2, 0.25) is 0 Å². The lowest BCUT2D eigenvalue weighted by atomic mass is 10.1. The Kier molecular flexibility index (Phi) is 8.95. The Morgan fingerprint density at radius 1 is 0.769 bits per heavy atom. The van der Waals surface area contributed by atoms with Gasteiger partial charge in [0.15, 0.2) is 0 Å². The van der Waals surface area contributed by atoms with E-state index >= 15 is 0 Å². The Hall–Kier alpha value is 0.217. The molecular weight excluding hydrogens is 172 g/mol. The fourth-order valence-corrected chi connectivity index (χ4v) is 2.82. The summed E-state index contributed by atoms with van der Waals surface area (Å²) in [7, 11) is 0.778. The predicted octanol–water partition coefficient (Wildman–Crippen LogP) is 4.13. The molecule has 0 aromatic heterocycles. The molecule has 0 nitrogen and oxygen atoms in total. The molecule has 0 spiro atoms. The smallest absolute Gasteiger partial charge is 0.0280 e. The van der Waals surface area contributed by atoms with Gasteiger partial charge in [-0.1, -0.05) is 65.5 Å². The van der Waals surface area contributed by atoms with Crippen LogP contribution in [-0.2, 0) is 0 Å². The van der Waals surface area contributed by atoms with Crippen molar-refractivity contribution >= 4 is 9.52 Å². The zero-order valence-electron chi connectivity index (χ0n) is 9.97. The van der Waals surface area contributed by atoms with Crippen LogP contribution in [0.15, 0.2) is 0 Å². The van der Waals surface area contributed by atoms with Crippen LogP contribution < -0.4 is 0 Å². The summed E-state index contributed by atoms with van der Waals surface area (Å²) in [6, 6.07) is 3.08. The number of hydrogen-bond acceptors (Lipinski definition) is 0. The van der Waals surface area contributed by atoms with Crippen molar-refractivity contribution in [1.82, 2.24) is 0 Å². The standard InChI is InChI=1S/C12H27Si/c1-11(2)7-5-9-13-10-6-8-12(3)4/h11-13H,5-10H2,1-4H3. The van der Waals surface area contributed by atoms with Gasteiger partial charge in [0.05, 0.1) is 0 Å². The molecule has 0 unspecified atom stereocenters. The molecule has 0 amide bonds. The van der Waals surface area contributed by atoms with Gasteiger partial charge < -0.3 is 0 Å². The summed E-state index contributed by atoms with van der Waals surface area (Å²) in [4.78, 5) is 0. The van der Waals surface area contributed by atoms with E-state index in [0.717, 1.165) is 21.4 Å². The van der Waals surface area contributed by atoms with Crippen LogP contribution in [-0.4, -0.2) is 9.52 Å². The second-order valence-electron chi connectivity index (χ2n) is 4.94. The molecule has 79 valence electrons. The maximum Gasteiger partial charge on any atom is 0.0280 e. The van der Waals surface area contributed by atoms with Crippen LogP contribution in [0.5, 0.6) is 0 Å². The summed E-state index contributed by atoms with van der Waals surface area (Å²) in [6.07, 6.45) is 5.84. The fourth-order valence-electron chi connectivity index (χ4n) is 1.49. The van der Waals surface area contributed by atoms with Crippen LogP contribution in [0.4, 0.5) is 0 Å². The number of rotatable bonds is 8. The lowest BCUT2D eigenvalue weighted by Crippen LogP contribution is -1.94. The Bertz CT molecular complexity index is 85.3. The predicted molar refractivity (Wildman–Crippen MR) is 64.9 cm³/mol. The zero-order chi connectivity index (χ0) is 10.1. The molecular formula is C12H27Si. The third-order valence-corrected chi connectivity index (χ3v) is 4.01. The quantitative estimate of drug-likeness (QED) is 0.407. The topological polar surface area (TPSA) is 0 Å². The van der Waals surface area contributed by atoms with Gasteiger partial charge in [0, 0.05) is 9.52 Å². The molecule has 0 aliphatic carbocycles. The minimum Gasteiger partial charge on any atom is -0.0628 e. The van der Waals surface area contributed by atoms with Gasteiger partial charge in [0.25, 0.3) is 0 Å². The average molecular weight is 199 g/mol. The summed E-state index contributed by atoms with van der Waals surface area (Å²) in [6.45, 7) is 9.31. The van der Waals surface area contributed by atoms with Gasteiger partial charge in [-0.25, -0.2) is 0 Å². The van der Waals surface area contributed by atoms with Crippen molar-refractivity contribution < 1.29 is 0 Å². The lowest BCUT2D eigenvalue weighted by Gasteiger charge is -2.05. The highest BCUT2D eigenvalue weighted by molar-refractivity contribution is 6.35. The van der Waals surface area contributed by atoms with E-state index in [1.165, 1.54) is 37.8 Å². The lowest BCUT2D eigenvalue weighted by molar-refractivity contribution is 0.568. The van der Waals surface area contributed by atoms with Crippen molar-refractivity contribution in [3.8, 4) is 0 Å². The van der Waals surface area contributed by atoms with Crippen LogP contribution >= 0.6 is 0 Å². The largest absolute Gasteiger partial charge is 0.0628 e. The van der Waals surface area contributed by atoms with Gasteiger partial charge in [-0.15, -0.1) is 0 Å². The third kappa shape index (κ3) is 12.2. The molecule has 13 heavy (non-hydrogen) atoms. The minimum atomic E-state index is 0.778. The maximum absolute atomic E-state index is 2.33. The summed E-state index contributed by atoms with van der Waals surface area (Å²) in [5.74, 6) is 1.82. The molecule has 0 aromatic rings. The van der Waals surface area contributed by atoms with Crippen molar-refractivity contribution in [2.45, 2.75) is 65.5 Å². The molecule has 0 rings (SSSR count). The summed E-state index contributed by atoms with van der Waals surface area (Å²) < 4.78 is 0. The maximum atomic E-state index is 2.33. The van der Waals surface area contributed by atoms with Crippen molar-refractivity contribution in [3.63, 3.8) is 0 Å². The Morgan fingerprint density at radius 3 is 1.46 bits per heavy atom. The molecule has 0 aliphatic heterocycles. The van der Waals surface area contributed by atoms with Crippen LogP contribution in [0.1, 0.15) is 53.4 Å². The molecule has 0 aromatic carbocycles. The van der Waals surface area contributed by atoms with E-state index in [9.17, 15) is 0 Å². The Morgan fingerprint density at radius 2 is 1.15 bits per heavy atom. The fraction of sp³-hybridized carbons (Fsp3) is 1.00. The number of hydrogen-bond donors (Lipinski definition) is 0. The molecule has 0 bridgehead atoms. The monoisotopic (exact) mass is 199 g/mol. The van der Waals surface area contributed by atoms with Gasteiger partial charge in [0.1, 0.15) is 0 Å². The van der Waals surface area contributed by atoms with Gasteiger partial charge in [-0.05, 0) is 11.8 Å². The molecule has 0 aliphatic rings. The Balaban J connectivity index is 2.92. The van der Waals surface area contributed by atoms with E-state index in [1.54, 1.807) is 0 Å². The zero-order valence-corrected chi connectivity index (χ0v) is 11.1. The van der Waals surface area contributed by atoms with Crippen LogP contribution in [0, 0.1) is 11.8 Å². The second kappa shape index (κ2) is 8.80. The second-order valence-corrected chi connectivity index (χ2v) is 6.67. The van der Waals surface area contributed by atoms with E-state index in [0.29, 0.717) is 0 Å². The first-order chi connectivity index (χ1) is 6.13. The van der Waals surface area contributed by atoms with Crippen LogP contribution in [0.2, 0.25) is 12.1 Å². The molecule has 1 heteroatoms. The summed E-state index contributed by atoms with van der Waals surface area (Å²) >= 11 is 0. The molecule has 0 atom stereocenters. The van der Waals surface area contributed by atoms with Gasteiger partial charge in [-0.2, -0.15) is 0 Å². The van der Waals surface area contributed by atoms with E-state index < -0.39 is 0 Å². The van der Waals surface area contributed by atoms with E-state index in [-0.39, 0.29) is 0 Å². The van der Waals surface area contributed by atoms with Gasteiger partial charge in [-0.3, -0.25) is 0 Å². The van der Waals surface area contributed by atoms with Crippen molar-refractivity contribution in [2.24, 2.45) is 11.8 Å². The molecule has 0 N–H and O–H groups in total. The van der Waals surface area contributed by atoms with Crippen LogP contribution in [0.25, 0.3) is 0 Å². The first-order valence-electron chi connectivity index (χ1n) is 5.94. The molecule has 1 radical (unpaired) electrons. The summed E-state index contributed by atoms with van der Waals surface area (Å²) in [5, 5.41) is 0. The molecule has 0 fully saturated rings. The van der Waals surface area contributed by atoms with Crippen molar-refractivity contribution in [3.05, 3.63) is 0 Å². The minimum absolute atomic E-state index is 0.778. The summed E-state index contributed by atoms with van der Waals surface area (Å²) in [5.41, 5.74) is 0.